The van der Waals surface area contributed by atoms with Crippen LogP contribution in [0.2, 0.25) is 0 Å². The number of benzene rings is 1. The summed E-state index contributed by atoms with van der Waals surface area (Å²) >= 11 is 0. The summed E-state index contributed by atoms with van der Waals surface area (Å²) in [6, 6.07) is 6.59. The normalized spacial score (nSPS) is 21.0. The Bertz CT molecular complexity index is 785. The van der Waals surface area contributed by atoms with E-state index in [0.29, 0.717) is 12.8 Å². The Balaban J connectivity index is 2.16. The van der Waals surface area contributed by atoms with Gasteiger partial charge in [-0.25, -0.2) is 8.42 Å². The van der Waals surface area contributed by atoms with Crippen molar-refractivity contribution >= 4 is 16.0 Å². The van der Waals surface area contributed by atoms with Crippen molar-refractivity contribution in [1.29, 1.82) is 0 Å². The number of sulfonamides is 1. The smallest absolute Gasteiger partial charge is 0.308 e. The first kappa shape index (κ1) is 21.3. The first-order valence-corrected chi connectivity index (χ1v) is 10.3. The third-order valence-corrected chi connectivity index (χ3v) is 6.62. The molecule has 0 saturated heterocycles. The fourth-order valence-electron chi connectivity index (χ4n) is 3.18. The molecule has 1 aromatic rings. The van der Waals surface area contributed by atoms with Gasteiger partial charge < -0.3 is 9.84 Å². The largest absolute Gasteiger partial charge is 0.469 e. The molecule has 1 unspecified atom stereocenters. The number of aliphatic hydroxyl groups excluding tert-OH is 1. The maximum Gasteiger partial charge on any atom is 0.308 e. The molecule has 0 fully saturated rings. The monoisotopic (exact) mass is 393 g/mol. The second-order valence-electron chi connectivity index (χ2n) is 6.77. The molecule has 0 aromatic heterocycles. The van der Waals surface area contributed by atoms with E-state index >= 15 is 0 Å². The SMILES string of the molecule is C=CCN(CC(O)[C@@H]1C=CC[C@@H](C(=O)OC)C1)S(=O)(=O)c1ccc(C)cc1. The lowest BCUT2D eigenvalue weighted by atomic mass is 9.83. The van der Waals surface area contributed by atoms with E-state index in [9.17, 15) is 18.3 Å². The number of nitrogens with zero attached hydrogens (tertiary/aromatic N) is 1. The third kappa shape index (κ3) is 5.28. The van der Waals surface area contributed by atoms with Crippen LogP contribution >= 0.6 is 0 Å². The highest BCUT2D eigenvalue weighted by Crippen LogP contribution is 2.28. The number of aryl methyl sites for hydroxylation is 1. The summed E-state index contributed by atoms with van der Waals surface area (Å²) < 4.78 is 31.9. The van der Waals surface area contributed by atoms with Crippen LogP contribution in [-0.4, -0.2) is 50.1 Å². The van der Waals surface area contributed by atoms with E-state index in [4.69, 9.17) is 4.74 Å². The van der Waals surface area contributed by atoms with E-state index < -0.39 is 16.1 Å². The highest BCUT2D eigenvalue weighted by molar-refractivity contribution is 7.89. The Morgan fingerprint density at radius 3 is 2.67 bits per heavy atom. The van der Waals surface area contributed by atoms with Crippen LogP contribution in [0.3, 0.4) is 0 Å². The Morgan fingerprint density at radius 1 is 1.41 bits per heavy atom. The zero-order chi connectivity index (χ0) is 20.0. The molecule has 7 heteroatoms. The number of ether oxygens (including phenoxy) is 1. The Labute approximate surface area is 161 Å². The molecule has 2 rings (SSSR count). The molecule has 27 heavy (non-hydrogen) atoms. The predicted octanol–water partition coefficient (Wildman–Crippen LogP) is 2.29. The molecule has 1 aromatic carbocycles. The van der Waals surface area contributed by atoms with Crippen LogP contribution in [0, 0.1) is 18.8 Å². The van der Waals surface area contributed by atoms with Crippen molar-refractivity contribution < 1.29 is 23.1 Å². The highest BCUT2D eigenvalue weighted by atomic mass is 32.2. The van der Waals surface area contributed by atoms with Gasteiger partial charge in [-0.2, -0.15) is 4.31 Å². The molecule has 0 saturated carbocycles. The lowest BCUT2D eigenvalue weighted by Crippen LogP contribution is -2.41. The van der Waals surface area contributed by atoms with E-state index in [1.54, 1.807) is 24.3 Å². The molecule has 3 atom stereocenters. The van der Waals surface area contributed by atoms with Crippen molar-refractivity contribution in [2.75, 3.05) is 20.2 Å². The summed E-state index contributed by atoms with van der Waals surface area (Å²) in [6.07, 6.45) is 5.23. The summed E-state index contributed by atoms with van der Waals surface area (Å²) in [5.41, 5.74) is 0.963. The second-order valence-corrected chi connectivity index (χ2v) is 8.71. The summed E-state index contributed by atoms with van der Waals surface area (Å²) in [5, 5.41) is 10.7. The summed E-state index contributed by atoms with van der Waals surface area (Å²) in [5.74, 6) is -0.948. The summed E-state index contributed by atoms with van der Waals surface area (Å²) in [7, 11) is -2.42. The van der Waals surface area contributed by atoms with Gasteiger partial charge in [0.2, 0.25) is 10.0 Å². The molecule has 6 nitrogen and oxygen atoms in total. The number of allylic oxidation sites excluding steroid dienone is 1. The van der Waals surface area contributed by atoms with Gasteiger partial charge in [0.05, 0.1) is 24.0 Å². The van der Waals surface area contributed by atoms with Gasteiger partial charge in [-0.3, -0.25) is 4.79 Å². The summed E-state index contributed by atoms with van der Waals surface area (Å²) in [6.45, 7) is 5.52. The van der Waals surface area contributed by atoms with Crippen molar-refractivity contribution in [2.24, 2.45) is 11.8 Å². The van der Waals surface area contributed by atoms with Gasteiger partial charge in [-0.15, -0.1) is 6.58 Å². The average Bonchev–Trinajstić information content (AvgIpc) is 2.67. The number of hydrogen-bond acceptors (Lipinski definition) is 5. The van der Waals surface area contributed by atoms with Gasteiger partial charge in [-0.05, 0) is 31.9 Å². The Hall–Kier alpha value is -1.96. The van der Waals surface area contributed by atoms with Gasteiger partial charge >= 0.3 is 5.97 Å². The van der Waals surface area contributed by atoms with Gasteiger partial charge in [0.1, 0.15) is 0 Å². The molecule has 0 spiro atoms. The maximum atomic E-state index is 12.9. The van der Waals surface area contributed by atoms with Crippen molar-refractivity contribution in [3.8, 4) is 0 Å². The second kappa shape index (κ2) is 9.30. The maximum absolute atomic E-state index is 12.9. The number of methoxy groups -OCH3 is 1. The molecule has 0 bridgehead atoms. The number of carbonyl (C=O) groups is 1. The fourth-order valence-corrected chi connectivity index (χ4v) is 4.61. The van der Waals surface area contributed by atoms with Gasteiger partial charge in [0.25, 0.3) is 0 Å². The van der Waals surface area contributed by atoms with Crippen LogP contribution in [0.1, 0.15) is 18.4 Å². The number of aliphatic hydroxyl groups is 1. The average molecular weight is 394 g/mol. The Kier molecular flexibility index (Phi) is 7.35. The van der Waals surface area contributed by atoms with Gasteiger partial charge in [0, 0.05) is 19.0 Å². The number of esters is 1. The summed E-state index contributed by atoms with van der Waals surface area (Å²) in [4.78, 5) is 11.9. The van der Waals surface area contributed by atoms with E-state index in [1.165, 1.54) is 17.5 Å². The lowest BCUT2D eigenvalue weighted by molar-refractivity contribution is -0.146. The quantitative estimate of drug-likeness (QED) is 0.541. The lowest BCUT2D eigenvalue weighted by Gasteiger charge is -2.30. The van der Waals surface area contributed by atoms with Crippen molar-refractivity contribution in [1.82, 2.24) is 4.31 Å². The zero-order valence-electron chi connectivity index (χ0n) is 15.7. The molecule has 148 valence electrons. The zero-order valence-corrected chi connectivity index (χ0v) is 16.6. The number of carbonyl (C=O) groups excluding carboxylic acids is 1. The van der Waals surface area contributed by atoms with Crippen LogP contribution in [-0.2, 0) is 19.6 Å². The molecular formula is C20H27NO5S. The molecule has 0 aliphatic heterocycles. The van der Waals surface area contributed by atoms with Crippen LogP contribution in [0.5, 0.6) is 0 Å². The van der Waals surface area contributed by atoms with Crippen LogP contribution in [0.15, 0.2) is 54.0 Å². The molecular weight excluding hydrogens is 366 g/mol. The van der Waals surface area contributed by atoms with Crippen LogP contribution < -0.4 is 0 Å². The fraction of sp³-hybridized carbons (Fsp3) is 0.450. The topological polar surface area (TPSA) is 83.9 Å². The molecule has 1 aliphatic carbocycles. The van der Waals surface area contributed by atoms with Crippen LogP contribution in [0.4, 0.5) is 0 Å². The van der Waals surface area contributed by atoms with E-state index in [2.05, 4.69) is 6.58 Å². The van der Waals surface area contributed by atoms with Crippen molar-refractivity contribution in [3.05, 3.63) is 54.6 Å². The minimum Gasteiger partial charge on any atom is -0.469 e. The predicted molar refractivity (Wildman–Crippen MR) is 104 cm³/mol. The van der Waals surface area contributed by atoms with E-state index in [0.717, 1.165) is 5.56 Å². The van der Waals surface area contributed by atoms with E-state index in [1.807, 2.05) is 19.1 Å². The molecule has 0 heterocycles. The molecule has 0 amide bonds. The number of hydrogen-bond donors (Lipinski definition) is 1. The first-order chi connectivity index (χ1) is 12.8. The first-order valence-electron chi connectivity index (χ1n) is 8.89. The molecule has 1 N–H and O–H groups in total. The van der Waals surface area contributed by atoms with Gasteiger partial charge in [0.15, 0.2) is 0 Å². The standard InChI is InChI=1S/C20H27NO5S/c1-4-12-21(27(24,25)18-10-8-15(2)9-11-18)14-19(22)16-6-5-7-17(13-16)20(23)26-3/h4-6,8-11,16-17,19,22H,1,7,12-14H2,2-3H3/t16-,17-,19?/m1/s1. The van der Waals surface area contributed by atoms with Crippen molar-refractivity contribution in [2.45, 2.75) is 30.8 Å². The molecule has 1 aliphatic rings. The third-order valence-electron chi connectivity index (χ3n) is 4.77. The van der Waals surface area contributed by atoms with Gasteiger partial charge in [-0.1, -0.05) is 35.9 Å². The van der Waals surface area contributed by atoms with E-state index in [-0.39, 0.29) is 35.8 Å². The Morgan fingerprint density at radius 2 is 2.07 bits per heavy atom. The highest BCUT2D eigenvalue weighted by Gasteiger charge is 2.32. The molecule has 0 radical (unpaired) electrons. The number of rotatable bonds is 8. The minimum atomic E-state index is -3.76. The minimum absolute atomic E-state index is 0.0782. The van der Waals surface area contributed by atoms with Crippen LogP contribution in [0.25, 0.3) is 0 Å². The van der Waals surface area contributed by atoms with Crippen molar-refractivity contribution in [3.63, 3.8) is 0 Å².